The Labute approximate surface area is 166 Å². The molecule has 27 heavy (non-hydrogen) atoms. The Morgan fingerprint density at radius 2 is 1.59 bits per heavy atom. The van der Waals surface area contributed by atoms with Gasteiger partial charge in [-0.25, -0.2) is 8.42 Å². The van der Waals surface area contributed by atoms with Crippen LogP contribution >= 0.6 is 11.6 Å². The lowest BCUT2D eigenvalue weighted by Gasteiger charge is -2.27. The minimum atomic E-state index is -3.95. The van der Waals surface area contributed by atoms with Crippen molar-refractivity contribution in [3.05, 3.63) is 58.6 Å². The van der Waals surface area contributed by atoms with E-state index in [9.17, 15) is 13.2 Å². The van der Waals surface area contributed by atoms with Gasteiger partial charge in [-0.3, -0.25) is 9.10 Å². The van der Waals surface area contributed by atoms with Gasteiger partial charge in [0, 0.05) is 18.1 Å². The van der Waals surface area contributed by atoms with E-state index in [0.29, 0.717) is 23.8 Å². The molecule has 0 bridgehead atoms. The van der Waals surface area contributed by atoms with E-state index in [2.05, 4.69) is 0 Å². The molecule has 2 aromatic carbocycles. The molecule has 5 nitrogen and oxygen atoms in total. The minimum Gasteiger partial charge on any atom is -0.342 e. The number of anilines is 1. The molecule has 0 saturated carbocycles. The van der Waals surface area contributed by atoms with Gasteiger partial charge in [0.25, 0.3) is 10.0 Å². The molecular weight excluding hydrogens is 384 g/mol. The maximum absolute atomic E-state index is 13.3. The number of sulfonamides is 1. The molecular formula is C20H25ClN2O3S. The van der Waals surface area contributed by atoms with E-state index in [1.165, 1.54) is 12.1 Å². The number of carbonyl (C=O) groups excluding carboxylic acids is 1. The first kappa shape index (κ1) is 21.3. The highest BCUT2D eigenvalue weighted by molar-refractivity contribution is 7.92. The number of likely N-dealkylation sites (N-methyl/N-ethyl adjacent to an activating group) is 1. The summed E-state index contributed by atoms with van der Waals surface area (Å²) < 4.78 is 27.8. The lowest BCUT2D eigenvalue weighted by atomic mass is 10.2. The van der Waals surface area contributed by atoms with Crippen LogP contribution in [0.3, 0.4) is 0 Å². The maximum atomic E-state index is 13.3. The average molecular weight is 409 g/mol. The second kappa shape index (κ2) is 8.76. The Kier molecular flexibility index (Phi) is 6.89. The van der Waals surface area contributed by atoms with Crippen LogP contribution in [0.2, 0.25) is 5.02 Å². The highest BCUT2D eigenvalue weighted by Crippen LogP contribution is 2.27. The number of aryl methyl sites for hydroxylation is 2. The molecule has 2 rings (SSSR count). The van der Waals surface area contributed by atoms with Crippen molar-refractivity contribution in [3.8, 4) is 0 Å². The highest BCUT2D eigenvalue weighted by atomic mass is 35.5. The predicted molar refractivity (Wildman–Crippen MR) is 110 cm³/mol. The number of amides is 1. The Morgan fingerprint density at radius 3 is 2.11 bits per heavy atom. The SMILES string of the molecule is CCN(CC)C(=O)CN(c1ccc(C)cc1)S(=O)(=O)c1ccc(C)c(Cl)c1. The molecule has 0 radical (unpaired) electrons. The van der Waals surface area contributed by atoms with Gasteiger partial charge in [-0.15, -0.1) is 0 Å². The molecule has 0 fully saturated rings. The molecule has 0 aromatic heterocycles. The first-order valence-corrected chi connectivity index (χ1v) is 10.7. The van der Waals surface area contributed by atoms with Gasteiger partial charge in [0.15, 0.2) is 0 Å². The smallest absolute Gasteiger partial charge is 0.264 e. The normalized spacial score (nSPS) is 11.3. The van der Waals surface area contributed by atoms with Crippen molar-refractivity contribution >= 4 is 33.2 Å². The zero-order valence-electron chi connectivity index (χ0n) is 16.1. The summed E-state index contributed by atoms with van der Waals surface area (Å²) >= 11 is 6.13. The van der Waals surface area contributed by atoms with E-state index in [-0.39, 0.29) is 17.3 Å². The molecule has 0 heterocycles. The number of halogens is 1. The van der Waals surface area contributed by atoms with Crippen LogP contribution < -0.4 is 4.31 Å². The fourth-order valence-corrected chi connectivity index (χ4v) is 4.37. The van der Waals surface area contributed by atoms with Crippen LogP contribution in [0.25, 0.3) is 0 Å². The monoisotopic (exact) mass is 408 g/mol. The average Bonchev–Trinajstić information content (AvgIpc) is 2.63. The second-order valence-electron chi connectivity index (χ2n) is 6.32. The molecule has 0 atom stereocenters. The van der Waals surface area contributed by atoms with Crippen molar-refractivity contribution in [1.29, 1.82) is 0 Å². The number of benzene rings is 2. The van der Waals surface area contributed by atoms with Crippen molar-refractivity contribution in [2.45, 2.75) is 32.6 Å². The lowest BCUT2D eigenvalue weighted by molar-refractivity contribution is -0.129. The van der Waals surface area contributed by atoms with Crippen LogP contribution in [0, 0.1) is 13.8 Å². The third-order valence-electron chi connectivity index (χ3n) is 4.45. The molecule has 0 aliphatic rings. The molecule has 0 N–H and O–H groups in total. The second-order valence-corrected chi connectivity index (χ2v) is 8.59. The van der Waals surface area contributed by atoms with E-state index >= 15 is 0 Å². The van der Waals surface area contributed by atoms with E-state index in [4.69, 9.17) is 11.6 Å². The summed E-state index contributed by atoms with van der Waals surface area (Å²) in [6.45, 7) is 8.24. The van der Waals surface area contributed by atoms with Gasteiger partial charge in [-0.2, -0.15) is 0 Å². The highest BCUT2D eigenvalue weighted by Gasteiger charge is 2.28. The van der Waals surface area contributed by atoms with Gasteiger partial charge in [0.05, 0.1) is 10.6 Å². The molecule has 1 amide bonds. The van der Waals surface area contributed by atoms with Gasteiger partial charge in [0.2, 0.25) is 5.91 Å². The zero-order valence-corrected chi connectivity index (χ0v) is 17.6. The van der Waals surface area contributed by atoms with Gasteiger partial charge in [-0.1, -0.05) is 35.4 Å². The van der Waals surface area contributed by atoms with Crippen LogP contribution in [0.15, 0.2) is 47.4 Å². The topological polar surface area (TPSA) is 57.7 Å². The summed E-state index contributed by atoms with van der Waals surface area (Å²) in [7, 11) is -3.95. The summed E-state index contributed by atoms with van der Waals surface area (Å²) in [6.07, 6.45) is 0. The van der Waals surface area contributed by atoms with Gasteiger partial charge < -0.3 is 4.90 Å². The Balaban J connectivity index is 2.51. The van der Waals surface area contributed by atoms with Crippen LogP contribution in [0.4, 0.5) is 5.69 Å². The molecule has 0 spiro atoms. The van der Waals surface area contributed by atoms with Crippen molar-refractivity contribution < 1.29 is 13.2 Å². The summed E-state index contributed by atoms with van der Waals surface area (Å²) in [5.41, 5.74) is 2.24. The Bertz CT molecular complexity index is 907. The largest absolute Gasteiger partial charge is 0.342 e. The van der Waals surface area contributed by atoms with E-state index in [1.807, 2.05) is 32.9 Å². The molecule has 146 valence electrons. The number of hydrogen-bond donors (Lipinski definition) is 0. The summed E-state index contributed by atoms with van der Waals surface area (Å²) in [5.74, 6) is -0.248. The summed E-state index contributed by atoms with van der Waals surface area (Å²) in [5, 5.41) is 0.370. The first-order valence-electron chi connectivity index (χ1n) is 8.84. The maximum Gasteiger partial charge on any atom is 0.264 e. The van der Waals surface area contributed by atoms with Crippen molar-refractivity contribution in [2.75, 3.05) is 23.9 Å². The zero-order chi connectivity index (χ0) is 20.2. The van der Waals surface area contributed by atoms with Gasteiger partial charge in [-0.05, 0) is 57.5 Å². The third kappa shape index (κ3) is 4.82. The third-order valence-corrected chi connectivity index (χ3v) is 6.63. The number of nitrogens with zero attached hydrogens (tertiary/aromatic N) is 2. The fourth-order valence-electron chi connectivity index (χ4n) is 2.69. The molecule has 0 aliphatic heterocycles. The minimum absolute atomic E-state index is 0.0611. The van der Waals surface area contributed by atoms with Crippen LogP contribution in [-0.4, -0.2) is 38.9 Å². The number of carbonyl (C=O) groups is 1. The summed E-state index contributed by atoms with van der Waals surface area (Å²) in [6, 6.07) is 11.7. The standard InChI is InChI=1S/C20H25ClN2O3S/c1-5-22(6-2)20(24)14-23(17-10-7-15(3)8-11-17)27(25,26)18-12-9-16(4)19(21)13-18/h7-13H,5-6,14H2,1-4H3. The van der Waals surface area contributed by atoms with E-state index in [0.717, 1.165) is 15.4 Å². The summed E-state index contributed by atoms with van der Waals surface area (Å²) in [4.78, 5) is 14.3. The van der Waals surface area contributed by atoms with Crippen molar-refractivity contribution in [1.82, 2.24) is 4.90 Å². The van der Waals surface area contributed by atoms with Crippen LogP contribution in [0.1, 0.15) is 25.0 Å². The predicted octanol–water partition coefficient (Wildman–Crippen LogP) is 4.02. The molecule has 0 aliphatic carbocycles. The lowest BCUT2D eigenvalue weighted by Crippen LogP contribution is -2.43. The molecule has 2 aromatic rings. The quantitative estimate of drug-likeness (QED) is 0.695. The number of rotatable bonds is 7. The van der Waals surface area contributed by atoms with Gasteiger partial charge in [0.1, 0.15) is 6.54 Å². The van der Waals surface area contributed by atoms with Gasteiger partial charge >= 0.3 is 0 Å². The van der Waals surface area contributed by atoms with E-state index in [1.54, 1.807) is 30.0 Å². The first-order chi connectivity index (χ1) is 12.7. The van der Waals surface area contributed by atoms with E-state index < -0.39 is 10.0 Å². The number of hydrogen-bond acceptors (Lipinski definition) is 3. The Morgan fingerprint density at radius 1 is 1.00 bits per heavy atom. The molecule has 0 saturated heterocycles. The van der Waals surface area contributed by atoms with Crippen molar-refractivity contribution in [2.24, 2.45) is 0 Å². The molecule has 7 heteroatoms. The van der Waals surface area contributed by atoms with Crippen molar-refractivity contribution in [3.63, 3.8) is 0 Å². The van der Waals surface area contributed by atoms with Crippen LogP contribution in [-0.2, 0) is 14.8 Å². The fraction of sp³-hybridized carbons (Fsp3) is 0.350. The molecule has 0 unspecified atom stereocenters. The van der Waals surface area contributed by atoms with Crippen LogP contribution in [0.5, 0.6) is 0 Å². The Hall–Kier alpha value is -2.05.